The number of carbonyl (C=O) groups is 2. The molecule has 2 heterocycles. The van der Waals surface area contributed by atoms with Crippen LogP contribution in [0.2, 0.25) is 0 Å². The van der Waals surface area contributed by atoms with Gasteiger partial charge in [0.05, 0.1) is 31.7 Å². The van der Waals surface area contributed by atoms with Crippen molar-refractivity contribution in [1.29, 1.82) is 0 Å². The molecular weight excluding hydrogens is 375 g/mol. The number of nitrogens with zero attached hydrogens (tertiary/aromatic N) is 2. The average Bonchev–Trinajstić information content (AvgIpc) is 3.18. The van der Waals surface area contributed by atoms with Gasteiger partial charge in [0.1, 0.15) is 0 Å². The fourth-order valence-corrected chi connectivity index (χ4v) is 3.01. The number of benzene rings is 1. The number of ether oxygens (including phenoxy) is 2. The second-order valence-corrected chi connectivity index (χ2v) is 7.88. The number of hydrogen-bond acceptors (Lipinski definition) is 7. The van der Waals surface area contributed by atoms with Crippen LogP contribution in [0.5, 0.6) is 0 Å². The number of rotatable bonds is 5. The van der Waals surface area contributed by atoms with E-state index in [1.54, 1.807) is 4.57 Å². The van der Waals surface area contributed by atoms with Gasteiger partial charge in [0.2, 0.25) is 0 Å². The summed E-state index contributed by atoms with van der Waals surface area (Å²) in [6, 6.07) is 7.68. The van der Waals surface area contributed by atoms with E-state index in [0.717, 1.165) is 11.0 Å². The Balaban J connectivity index is 1.81. The summed E-state index contributed by atoms with van der Waals surface area (Å²) in [6.45, 7) is 8.36. The first-order chi connectivity index (χ1) is 13.6. The maximum atomic E-state index is 12.2. The van der Waals surface area contributed by atoms with Gasteiger partial charge in [-0.05, 0) is 38.7 Å². The van der Waals surface area contributed by atoms with Gasteiger partial charge >= 0.3 is 19.1 Å². The lowest BCUT2D eigenvalue weighted by Crippen LogP contribution is -2.41. The van der Waals surface area contributed by atoms with Crippen molar-refractivity contribution in [3.05, 3.63) is 47.5 Å². The maximum Gasteiger partial charge on any atom is 0.494 e. The molecule has 1 aromatic carbocycles. The van der Waals surface area contributed by atoms with Crippen molar-refractivity contribution in [2.24, 2.45) is 0 Å². The quantitative estimate of drug-likeness (QED) is 0.559. The van der Waals surface area contributed by atoms with E-state index in [1.807, 2.05) is 52.0 Å². The number of esters is 2. The Morgan fingerprint density at radius 2 is 1.55 bits per heavy atom. The summed E-state index contributed by atoms with van der Waals surface area (Å²) >= 11 is 0. The summed E-state index contributed by atoms with van der Waals surface area (Å²) in [4.78, 5) is 28.0. The molecule has 0 radical (unpaired) electrons. The van der Waals surface area contributed by atoms with Crippen LogP contribution in [0.1, 0.15) is 54.2 Å². The fourth-order valence-electron chi connectivity index (χ4n) is 3.01. The molecule has 1 aromatic heterocycles. The lowest BCUT2D eigenvalue weighted by molar-refractivity contribution is 0.00578. The van der Waals surface area contributed by atoms with Crippen molar-refractivity contribution < 1.29 is 28.4 Å². The minimum Gasteiger partial charge on any atom is -0.464 e. The van der Waals surface area contributed by atoms with Crippen LogP contribution in [0.25, 0.3) is 0 Å². The highest BCUT2D eigenvalue weighted by Gasteiger charge is 2.51. The Morgan fingerprint density at radius 3 is 2.07 bits per heavy atom. The van der Waals surface area contributed by atoms with Crippen LogP contribution < -0.4 is 5.46 Å². The molecule has 0 unspecified atom stereocenters. The fraction of sp³-hybridized carbons (Fsp3) is 0.450. The zero-order chi connectivity index (χ0) is 21.4. The summed E-state index contributed by atoms with van der Waals surface area (Å²) in [6.07, 6.45) is 1.42. The third-order valence-corrected chi connectivity index (χ3v) is 5.45. The van der Waals surface area contributed by atoms with Gasteiger partial charge in [-0.25, -0.2) is 14.6 Å². The Hall–Kier alpha value is -2.65. The van der Waals surface area contributed by atoms with Crippen LogP contribution in [-0.4, -0.2) is 54.0 Å². The van der Waals surface area contributed by atoms with E-state index in [-0.39, 0.29) is 11.4 Å². The predicted octanol–water partition coefficient (Wildman–Crippen LogP) is 1.80. The molecule has 0 N–H and O–H groups in total. The van der Waals surface area contributed by atoms with Crippen LogP contribution in [0.4, 0.5) is 0 Å². The summed E-state index contributed by atoms with van der Waals surface area (Å²) in [5, 5.41) is 0. The summed E-state index contributed by atoms with van der Waals surface area (Å²) in [7, 11) is 2.04. The summed E-state index contributed by atoms with van der Waals surface area (Å²) < 4.78 is 23.2. The van der Waals surface area contributed by atoms with Gasteiger partial charge < -0.3 is 23.3 Å². The van der Waals surface area contributed by atoms with E-state index < -0.39 is 30.3 Å². The summed E-state index contributed by atoms with van der Waals surface area (Å²) in [5.74, 6) is -1.35. The largest absolute Gasteiger partial charge is 0.494 e. The Labute approximate surface area is 170 Å². The molecule has 3 rings (SSSR count). The zero-order valence-electron chi connectivity index (χ0n) is 17.5. The third-order valence-electron chi connectivity index (χ3n) is 5.45. The van der Waals surface area contributed by atoms with Gasteiger partial charge in [0.15, 0.2) is 11.4 Å². The van der Waals surface area contributed by atoms with Gasteiger partial charge in [-0.2, -0.15) is 0 Å². The number of hydrogen-bond donors (Lipinski definition) is 0. The van der Waals surface area contributed by atoms with Gasteiger partial charge in [-0.3, -0.25) is 0 Å². The van der Waals surface area contributed by atoms with E-state index in [0.29, 0.717) is 6.54 Å². The molecule has 9 heteroatoms. The van der Waals surface area contributed by atoms with Crippen molar-refractivity contribution >= 4 is 24.5 Å². The van der Waals surface area contributed by atoms with Crippen LogP contribution in [0.15, 0.2) is 30.6 Å². The average molecular weight is 400 g/mol. The van der Waals surface area contributed by atoms with E-state index in [9.17, 15) is 9.59 Å². The van der Waals surface area contributed by atoms with E-state index >= 15 is 0 Å². The first-order valence-corrected chi connectivity index (χ1v) is 9.26. The molecular formula is C20H25BN2O6. The van der Waals surface area contributed by atoms with E-state index in [2.05, 4.69) is 4.98 Å². The number of methoxy groups -OCH3 is 2. The SMILES string of the molecule is COC(=O)c1ncn(Cc2ccc(B3OC(C)(C)C(C)(C)O3)cc2)c1C(=O)OC. The molecule has 2 aromatic rings. The first kappa shape index (κ1) is 21.1. The standard InChI is InChI=1S/C20H25BN2O6/c1-19(2)20(3,4)29-21(28-19)14-9-7-13(8-10-14)11-23-12-22-15(17(24)26-5)16(23)18(25)27-6/h7-10,12H,11H2,1-6H3. The second kappa shape index (κ2) is 7.64. The number of aromatic nitrogens is 2. The summed E-state index contributed by atoms with van der Waals surface area (Å²) in [5.41, 5.74) is 0.966. The molecule has 1 fully saturated rings. The molecule has 1 aliphatic rings. The molecule has 0 atom stereocenters. The van der Waals surface area contributed by atoms with Gasteiger partial charge in [0, 0.05) is 6.54 Å². The van der Waals surface area contributed by atoms with Crippen LogP contribution in [0.3, 0.4) is 0 Å². The van der Waals surface area contributed by atoms with Crippen molar-refractivity contribution in [2.75, 3.05) is 14.2 Å². The zero-order valence-corrected chi connectivity index (χ0v) is 17.5. The lowest BCUT2D eigenvalue weighted by Gasteiger charge is -2.32. The second-order valence-electron chi connectivity index (χ2n) is 7.88. The molecule has 0 amide bonds. The molecule has 154 valence electrons. The Bertz CT molecular complexity index is 904. The molecule has 8 nitrogen and oxygen atoms in total. The van der Waals surface area contributed by atoms with Crippen LogP contribution >= 0.6 is 0 Å². The maximum absolute atomic E-state index is 12.2. The van der Waals surface area contributed by atoms with Gasteiger partial charge in [0.25, 0.3) is 0 Å². The molecule has 1 aliphatic heterocycles. The van der Waals surface area contributed by atoms with Crippen molar-refractivity contribution in [3.63, 3.8) is 0 Å². The van der Waals surface area contributed by atoms with Crippen molar-refractivity contribution in [1.82, 2.24) is 9.55 Å². The Morgan fingerprint density at radius 1 is 1.00 bits per heavy atom. The van der Waals surface area contributed by atoms with Gasteiger partial charge in [-0.15, -0.1) is 0 Å². The monoisotopic (exact) mass is 400 g/mol. The molecule has 29 heavy (non-hydrogen) atoms. The highest BCUT2D eigenvalue weighted by molar-refractivity contribution is 6.62. The van der Waals surface area contributed by atoms with Crippen molar-refractivity contribution in [3.8, 4) is 0 Å². The normalized spacial score (nSPS) is 17.2. The minimum atomic E-state index is -0.694. The molecule has 1 saturated heterocycles. The van der Waals surface area contributed by atoms with Crippen LogP contribution in [0, 0.1) is 0 Å². The predicted molar refractivity (Wildman–Crippen MR) is 106 cm³/mol. The number of carbonyl (C=O) groups excluding carboxylic acids is 2. The third kappa shape index (κ3) is 3.93. The highest BCUT2D eigenvalue weighted by Crippen LogP contribution is 2.36. The highest BCUT2D eigenvalue weighted by atomic mass is 16.7. The smallest absolute Gasteiger partial charge is 0.464 e. The lowest BCUT2D eigenvalue weighted by atomic mass is 9.79. The first-order valence-electron chi connectivity index (χ1n) is 9.26. The van der Waals surface area contributed by atoms with Crippen molar-refractivity contribution in [2.45, 2.75) is 45.4 Å². The molecule has 0 spiro atoms. The van der Waals surface area contributed by atoms with Gasteiger partial charge in [-0.1, -0.05) is 24.3 Å². The number of imidazole rings is 1. The molecule has 0 aliphatic carbocycles. The van der Waals surface area contributed by atoms with E-state index in [1.165, 1.54) is 20.5 Å². The molecule has 0 saturated carbocycles. The minimum absolute atomic E-state index is 0.0504. The molecule has 0 bridgehead atoms. The van der Waals surface area contributed by atoms with Crippen LogP contribution in [-0.2, 0) is 25.3 Å². The topological polar surface area (TPSA) is 88.9 Å². The van der Waals surface area contributed by atoms with E-state index in [4.69, 9.17) is 18.8 Å². The Kier molecular flexibility index (Phi) is 5.56.